The van der Waals surface area contributed by atoms with E-state index in [4.69, 9.17) is 32.7 Å². The summed E-state index contributed by atoms with van der Waals surface area (Å²) >= 11 is 12.0. The molecular weight excluding hydrogens is 443 g/mol. The summed E-state index contributed by atoms with van der Waals surface area (Å²) in [6.07, 6.45) is 0.494. The average molecular weight is 461 g/mol. The predicted octanol–water partition coefficient (Wildman–Crippen LogP) is 4.86. The Kier molecular flexibility index (Phi) is 6.87. The number of fused-ring (bicyclic) bond motifs is 1. The summed E-state index contributed by atoms with van der Waals surface area (Å²) in [6.45, 7) is 3.91. The van der Waals surface area contributed by atoms with E-state index >= 15 is 0 Å². The van der Waals surface area contributed by atoms with E-state index in [0.29, 0.717) is 32.6 Å². The second-order valence-corrected chi connectivity index (χ2v) is 7.67. The van der Waals surface area contributed by atoms with Gasteiger partial charge in [0.05, 0.1) is 27.3 Å². The van der Waals surface area contributed by atoms with Crippen LogP contribution < -0.4 is 9.47 Å². The Labute approximate surface area is 188 Å². The largest absolute Gasteiger partial charge is 0.483 e. The fraction of sp³-hybridized carbons (Fsp3) is 0.227. The molecule has 0 amide bonds. The van der Waals surface area contributed by atoms with Gasteiger partial charge in [0.2, 0.25) is 5.88 Å². The highest BCUT2D eigenvalue weighted by Crippen LogP contribution is 2.28. The van der Waals surface area contributed by atoms with Gasteiger partial charge in [0.1, 0.15) is 29.0 Å². The molecule has 1 aromatic heterocycles. The van der Waals surface area contributed by atoms with Gasteiger partial charge in [0.25, 0.3) is 0 Å². The van der Waals surface area contributed by atoms with Crippen molar-refractivity contribution in [1.82, 2.24) is 9.97 Å². The second kappa shape index (κ2) is 9.41. The van der Waals surface area contributed by atoms with E-state index in [1.807, 2.05) is 0 Å². The van der Waals surface area contributed by atoms with Gasteiger partial charge in [0, 0.05) is 0 Å². The fourth-order valence-corrected chi connectivity index (χ4v) is 3.25. The van der Waals surface area contributed by atoms with Crippen LogP contribution in [0.4, 0.5) is 0 Å². The highest BCUT2D eigenvalue weighted by atomic mass is 35.5. The molecule has 0 fully saturated rings. The molecule has 0 bridgehead atoms. The molecular formula is C22H18Cl2N2O5. The number of ketones is 3. The van der Waals surface area contributed by atoms with Gasteiger partial charge in [-0.2, -0.15) is 0 Å². The monoisotopic (exact) mass is 460 g/mol. The van der Waals surface area contributed by atoms with Gasteiger partial charge in [-0.1, -0.05) is 23.2 Å². The Morgan fingerprint density at radius 2 is 1.45 bits per heavy atom. The molecule has 31 heavy (non-hydrogen) atoms. The van der Waals surface area contributed by atoms with Gasteiger partial charge >= 0.3 is 0 Å². The minimum absolute atomic E-state index is 0.258. The minimum Gasteiger partial charge on any atom is -0.483 e. The molecule has 3 rings (SSSR count). The smallest absolute Gasteiger partial charge is 0.238 e. The third kappa shape index (κ3) is 5.37. The summed E-state index contributed by atoms with van der Waals surface area (Å²) in [7, 11) is 0. The maximum Gasteiger partial charge on any atom is 0.238 e. The molecule has 3 aromatic rings. The molecule has 0 spiro atoms. The Hall–Kier alpha value is -3.03. The lowest BCUT2D eigenvalue weighted by Crippen LogP contribution is -2.37. The molecule has 0 saturated carbocycles. The Morgan fingerprint density at radius 1 is 0.903 bits per heavy atom. The van der Waals surface area contributed by atoms with Gasteiger partial charge in [-0.25, -0.2) is 9.97 Å². The number of Topliss-reactive ketones (excluding diaryl/α,β-unsaturated/α-hetero) is 3. The molecule has 160 valence electrons. The van der Waals surface area contributed by atoms with Crippen LogP contribution in [0.15, 0.2) is 42.6 Å². The summed E-state index contributed by atoms with van der Waals surface area (Å²) in [5.74, 6) is -1.80. The van der Waals surface area contributed by atoms with Crippen LogP contribution in [-0.4, -0.2) is 33.4 Å². The van der Waals surface area contributed by atoms with Crippen molar-refractivity contribution in [3.05, 3.63) is 52.6 Å². The van der Waals surface area contributed by atoms with E-state index in [2.05, 4.69) is 9.97 Å². The normalized spacial score (nSPS) is 11.9. The van der Waals surface area contributed by atoms with Gasteiger partial charge in [-0.05, 0) is 57.2 Å². The number of carbonyl (C=O) groups excluding carboxylic acids is 3. The molecule has 1 heterocycles. The SMILES string of the molecule is CC(=O)C(C(C)=O)C(=O)C(C)Oc1ccc(Oc2cnc3cc(Cl)c(Cl)cc3n2)cc1. The first-order valence-electron chi connectivity index (χ1n) is 9.26. The predicted molar refractivity (Wildman–Crippen MR) is 116 cm³/mol. The van der Waals surface area contributed by atoms with Gasteiger partial charge in [0.15, 0.2) is 11.9 Å². The van der Waals surface area contributed by atoms with Crippen molar-refractivity contribution < 1.29 is 23.9 Å². The number of hydrogen-bond acceptors (Lipinski definition) is 7. The van der Waals surface area contributed by atoms with E-state index in [1.165, 1.54) is 27.0 Å². The number of rotatable bonds is 8. The van der Waals surface area contributed by atoms with Crippen molar-refractivity contribution in [1.29, 1.82) is 0 Å². The van der Waals surface area contributed by atoms with Gasteiger partial charge in [-0.15, -0.1) is 0 Å². The molecule has 7 nitrogen and oxygen atoms in total. The fourth-order valence-electron chi connectivity index (χ4n) is 2.93. The summed E-state index contributed by atoms with van der Waals surface area (Å²) in [4.78, 5) is 44.1. The first-order chi connectivity index (χ1) is 14.7. The van der Waals surface area contributed by atoms with Gasteiger partial charge in [-0.3, -0.25) is 14.4 Å². The molecule has 1 atom stereocenters. The lowest BCUT2D eigenvalue weighted by molar-refractivity contribution is -0.141. The van der Waals surface area contributed by atoms with Crippen molar-refractivity contribution in [2.24, 2.45) is 5.92 Å². The number of ether oxygens (including phenoxy) is 2. The first kappa shape index (κ1) is 22.7. The molecule has 0 radical (unpaired) electrons. The van der Waals surface area contributed by atoms with E-state index in [9.17, 15) is 14.4 Å². The van der Waals surface area contributed by atoms with Crippen LogP contribution in [0.3, 0.4) is 0 Å². The maximum atomic E-state index is 12.4. The Bertz CT molecular complexity index is 1150. The number of benzene rings is 2. The number of carbonyl (C=O) groups is 3. The van der Waals surface area contributed by atoms with Crippen LogP contribution in [0.2, 0.25) is 10.0 Å². The zero-order valence-electron chi connectivity index (χ0n) is 16.9. The highest BCUT2D eigenvalue weighted by molar-refractivity contribution is 6.42. The third-order valence-electron chi connectivity index (χ3n) is 4.42. The van der Waals surface area contributed by atoms with Crippen LogP contribution in [0.5, 0.6) is 17.4 Å². The zero-order valence-corrected chi connectivity index (χ0v) is 18.4. The van der Waals surface area contributed by atoms with E-state index < -0.39 is 29.4 Å². The number of halogens is 2. The molecule has 0 aliphatic rings. The minimum atomic E-state index is -1.31. The lowest BCUT2D eigenvalue weighted by atomic mass is 9.93. The second-order valence-electron chi connectivity index (χ2n) is 6.85. The number of nitrogens with zero attached hydrogens (tertiary/aromatic N) is 2. The Balaban J connectivity index is 1.69. The highest BCUT2D eigenvalue weighted by Gasteiger charge is 2.32. The maximum absolute atomic E-state index is 12.4. The van der Waals surface area contributed by atoms with Crippen molar-refractivity contribution in [2.45, 2.75) is 26.9 Å². The molecule has 0 aliphatic heterocycles. The lowest BCUT2D eigenvalue weighted by Gasteiger charge is -2.17. The summed E-state index contributed by atoms with van der Waals surface area (Å²) in [5.41, 5.74) is 1.11. The molecule has 2 aromatic carbocycles. The molecule has 0 N–H and O–H groups in total. The number of aromatic nitrogens is 2. The van der Waals surface area contributed by atoms with Crippen LogP contribution in [0.25, 0.3) is 11.0 Å². The standard InChI is InChI=1S/C22H18Cl2N2O5/c1-11(27)21(12(2)28)22(29)13(3)30-14-4-6-15(7-5-14)31-20-10-25-18-8-16(23)17(24)9-19(18)26-20/h4-10,13,21H,1-3H3. The first-order valence-corrected chi connectivity index (χ1v) is 10.0. The summed E-state index contributed by atoms with van der Waals surface area (Å²) < 4.78 is 11.3. The van der Waals surface area contributed by atoms with Gasteiger partial charge < -0.3 is 9.47 Å². The molecule has 0 aliphatic carbocycles. The average Bonchev–Trinajstić information content (AvgIpc) is 2.70. The third-order valence-corrected chi connectivity index (χ3v) is 5.14. The van der Waals surface area contributed by atoms with E-state index in [1.54, 1.807) is 36.4 Å². The van der Waals surface area contributed by atoms with Crippen LogP contribution in [0, 0.1) is 5.92 Å². The van der Waals surface area contributed by atoms with E-state index in [-0.39, 0.29) is 5.88 Å². The van der Waals surface area contributed by atoms with Crippen molar-refractivity contribution in [3.63, 3.8) is 0 Å². The van der Waals surface area contributed by atoms with Crippen LogP contribution >= 0.6 is 23.2 Å². The van der Waals surface area contributed by atoms with Crippen molar-refractivity contribution >= 4 is 51.6 Å². The topological polar surface area (TPSA) is 95.5 Å². The van der Waals surface area contributed by atoms with Crippen molar-refractivity contribution in [2.75, 3.05) is 0 Å². The molecule has 9 heteroatoms. The van der Waals surface area contributed by atoms with E-state index in [0.717, 1.165) is 0 Å². The quantitative estimate of drug-likeness (QED) is 0.442. The summed E-state index contributed by atoms with van der Waals surface area (Å²) in [5, 5.41) is 0.751. The zero-order chi connectivity index (χ0) is 22.7. The summed E-state index contributed by atoms with van der Waals surface area (Å²) in [6, 6.07) is 9.67. The van der Waals surface area contributed by atoms with Crippen molar-refractivity contribution in [3.8, 4) is 17.4 Å². The Morgan fingerprint density at radius 3 is 2.03 bits per heavy atom. The molecule has 1 unspecified atom stereocenters. The number of hydrogen-bond donors (Lipinski definition) is 0. The van der Waals surface area contributed by atoms with Crippen LogP contribution in [0.1, 0.15) is 20.8 Å². The van der Waals surface area contributed by atoms with Crippen LogP contribution in [-0.2, 0) is 14.4 Å². The molecule has 0 saturated heterocycles.